The third-order valence-corrected chi connectivity index (χ3v) is 5.97. The maximum absolute atomic E-state index is 13.1. The summed E-state index contributed by atoms with van der Waals surface area (Å²) in [7, 11) is 0. The molecule has 0 saturated heterocycles. The molecule has 1 aliphatic rings. The largest absolute Gasteiger partial charge is 0.434 e. The lowest BCUT2D eigenvalue weighted by Crippen LogP contribution is -2.03. The predicted molar refractivity (Wildman–Crippen MR) is 124 cm³/mol. The Morgan fingerprint density at radius 3 is 2.12 bits per heavy atom. The lowest BCUT2D eigenvalue weighted by Gasteiger charge is -2.03. The van der Waals surface area contributed by atoms with Gasteiger partial charge in [-0.3, -0.25) is 9.59 Å². The van der Waals surface area contributed by atoms with Crippen LogP contribution in [-0.4, -0.2) is 21.1 Å². The number of hydrogen-bond donors (Lipinski definition) is 0. The van der Waals surface area contributed by atoms with Crippen molar-refractivity contribution in [1.82, 2.24) is 9.55 Å². The van der Waals surface area contributed by atoms with E-state index in [0.717, 1.165) is 22.0 Å². The van der Waals surface area contributed by atoms with E-state index in [9.17, 15) is 9.59 Å². The molecule has 0 saturated carbocycles. The van der Waals surface area contributed by atoms with Crippen LogP contribution in [0.1, 0.15) is 33.3 Å². The van der Waals surface area contributed by atoms with Crippen LogP contribution < -0.4 is 0 Å². The van der Waals surface area contributed by atoms with Crippen LogP contribution in [0.4, 0.5) is 0 Å². The van der Waals surface area contributed by atoms with Crippen molar-refractivity contribution in [1.29, 1.82) is 0 Å². The van der Waals surface area contributed by atoms with Crippen molar-refractivity contribution >= 4 is 39.6 Å². The van der Waals surface area contributed by atoms with E-state index in [1.165, 1.54) is 0 Å². The Morgan fingerprint density at radius 2 is 1.50 bits per heavy atom. The minimum atomic E-state index is -0.242. The highest BCUT2D eigenvalue weighted by Gasteiger charge is 2.34. The molecule has 3 aromatic carbocycles. The average Bonchev–Trinajstić information content (AvgIpc) is 3.45. The van der Waals surface area contributed by atoms with E-state index in [1.807, 2.05) is 84.3 Å². The van der Waals surface area contributed by atoms with Gasteiger partial charge in [-0.2, -0.15) is 4.98 Å². The van der Waals surface area contributed by atoms with Gasteiger partial charge in [0.2, 0.25) is 5.89 Å². The fourth-order valence-electron chi connectivity index (χ4n) is 4.39. The first kappa shape index (κ1) is 18.5. The number of Topliss-reactive ketones (excluding diaryl/α,β-unsaturated/α-hetero) is 2. The molecule has 5 heteroatoms. The van der Waals surface area contributed by atoms with Gasteiger partial charge in [-0.1, -0.05) is 42.5 Å². The highest BCUT2D eigenvalue weighted by Crippen LogP contribution is 2.33. The Morgan fingerprint density at radius 1 is 0.875 bits per heavy atom. The van der Waals surface area contributed by atoms with E-state index in [1.54, 1.807) is 6.08 Å². The molecule has 5 nitrogen and oxygen atoms in total. The summed E-state index contributed by atoms with van der Waals surface area (Å²) >= 11 is 0. The first-order chi connectivity index (χ1) is 15.6. The van der Waals surface area contributed by atoms with Crippen molar-refractivity contribution in [3.05, 3.63) is 95.2 Å². The molecule has 5 aromatic rings. The van der Waals surface area contributed by atoms with Crippen LogP contribution in [0.15, 0.2) is 82.8 Å². The van der Waals surface area contributed by atoms with Gasteiger partial charge in [0.25, 0.3) is 0 Å². The number of hydrogen-bond acceptors (Lipinski definition) is 4. The third kappa shape index (κ3) is 2.68. The Labute approximate surface area is 183 Å². The average molecular weight is 418 g/mol. The standard InChI is InChI=1S/C27H18N2O3/c1-2-29-19(15-23-26(29)28-27(32-23)16-8-4-3-5-9-16)14-22-24(30)20-12-17-10-6-7-11-18(17)13-21(20)25(22)31/h3-15H,2H2,1H3. The zero-order chi connectivity index (χ0) is 21.8. The minimum Gasteiger partial charge on any atom is -0.434 e. The molecular formula is C27H18N2O3. The Hall–Kier alpha value is -4.25. The van der Waals surface area contributed by atoms with Gasteiger partial charge < -0.3 is 8.98 Å². The number of aromatic nitrogens is 2. The summed E-state index contributed by atoms with van der Waals surface area (Å²) in [6.07, 6.45) is 1.66. The van der Waals surface area contributed by atoms with Gasteiger partial charge in [-0.15, -0.1) is 0 Å². The first-order valence-electron chi connectivity index (χ1n) is 10.5. The van der Waals surface area contributed by atoms with E-state index in [-0.39, 0.29) is 17.1 Å². The van der Waals surface area contributed by atoms with Crippen molar-refractivity contribution in [2.75, 3.05) is 0 Å². The molecule has 0 N–H and O–H groups in total. The molecule has 0 atom stereocenters. The van der Waals surface area contributed by atoms with Crippen molar-refractivity contribution in [3.63, 3.8) is 0 Å². The fourth-order valence-corrected chi connectivity index (χ4v) is 4.39. The fraction of sp³-hybridized carbons (Fsp3) is 0.0741. The van der Waals surface area contributed by atoms with Gasteiger partial charge in [0.05, 0.1) is 5.57 Å². The van der Waals surface area contributed by atoms with E-state index in [4.69, 9.17) is 4.42 Å². The quantitative estimate of drug-likeness (QED) is 0.269. The summed E-state index contributed by atoms with van der Waals surface area (Å²) in [5.74, 6) is 0.0624. The number of ketones is 2. The molecule has 0 unspecified atom stereocenters. The number of oxazole rings is 1. The van der Waals surface area contributed by atoms with Crippen LogP contribution in [0.25, 0.3) is 39.5 Å². The van der Waals surface area contributed by atoms with Crippen LogP contribution in [-0.2, 0) is 6.54 Å². The molecule has 0 radical (unpaired) electrons. The molecule has 2 heterocycles. The molecule has 0 fully saturated rings. The smallest absolute Gasteiger partial charge is 0.228 e. The van der Waals surface area contributed by atoms with E-state index < -0.39 is 0 Å². The van der Waals surface area contributed by atoms with Crippen LogP contribution >= 0.6 is 0 Å². The Bertz CT molecular complexity index is 1530. The molecule has 0 aliphatic heterocycles. The molecule has 2 aromatic heterocycles. The number of carbonyl (C=O) groups excluding carboxylic acids is 2. The Kier molecular flexibility index (Phi) is 3.98. The lowest BCUT2D eigenvalue weighted by atomic mass is 10.0. The summed E-state index contributed by atoms with van der Waals surface area (Å²) < 4.78 is 7.94. The second kappa shape index (κ2) is 6.89. The second-order valence-electron chi connectivity index (χ2n) is 7.85. The number of aryl methyl sites for hydroxylation is 1. The first-order valence-corrected chi connectivity index (χ1v) is 10.5. The van der Waals surface area contributed by atoms with Gasteiger partial charge >= 0.3 is 0 Å². The molecule has 1 aliphatic carbocycles. The summed E-state index contributed by atoms with van der Waals surface area (Å²) in [5.41, 5.74) is 4.04. The summed E-state index contributed by atoms with van der Waals surface area (Å²) in [6.45, 7) is 2.63. The second-order valence-corrected chi connectivity index (χ2v) is 7.85. The summed E-state index contributed by atoms with van der Waals surface area (Å²) in [4.78, 5) is 30.9. The molecule has 6 rings (SSSR count). The van der Waals surface area contributed by atoms with Crippen LogP contribution in [0.5, 0.6) is 0 Å². The summed E-state index contributed by atoms with van der Waals surface area (Å²) in [5, 5.41) is 1.89. The number of allylic oxidation sites excluding steroid dienone is 1. The molecule has 0 spiro atoms. The maximum atomic E-state index is 13.1. The van der Waals surface area contributed by atoms with E-state index in [0.29, 0.717) is 34.8 Å². The van der Waals surface area contributed by atoms with Gasteiger partial charge in [0, 0.05) is 35.0 Å². The van der Waals surface area contributed by atoms with Gasteiger partial charge in [-0.25, -0.2) is 0 Å². The SMILES string of the molecule is CCn1c(C=C2C(=O)c3cc4ccccc4cc3C2=O)cc2oc(-c3ccccc3)nc21. The van der Waals surface area contributed by atoms with Crippen molar-refractivity contribution < 1.29 is 14.0 Å². The Balaban J connectivity index is 1.45. The summed E-state index contributed by atoms with van der Waals surface area (Å²) in [6, 6.07) is 22.9. The van der Waals surface area contributed by atoms with Crippen molar-refractivity contribution in [2.24, 2.45) is 0 Å². The normalized spacial score (nSPS) is 13.3. The number of nitrogens with zero attached hydrogens (tertiary/aromatic N) is 2. The molecule has 0 amide bonds. The predicted octanol–water partition coefficient (Wildman–Crippen LogP) is 5.93. The molecule has 0 bridgehead atoms. The highest BCUT2D eigenvalue weighted by molar-refractivity contribution is 6.42. The number of carbonyl (C=O) groups is 2. The number of fused-ring (bicyclic) bond motifs is 3. The number of rotatable bonds is 3. The topological polar surface area (TPSA) is 65.1 Å². The van der Waals surface area contributed by atoms with Crippen molar-refractivity contribution in [2.45, 2.75) is 13.5 Å². The van der Waals surface area contributed by atoms with Gasteiger partial charge in [0.15, 0.2) is 22.8 Å². The van der Waals surface area contributed by atoms with Crippen molar-refractivity contribution in [3.8, 4) is 11.5 Å². The molecular weight excluding hydrogens is 400 g/mol. The molecule has 32 heavy (non-hydrogen) atoms. The lowest BCUT2D eigenvalue weighted by molar-refractivity contribution is 0.0990. The molecule has 154 valence electrons. The monoisotopic (exact) mass is 418 g/mol. The third-order valence-electron chi connectivity index (χ3n) is 5.97. The highest BCUT2D eigenvalue weighted by atomic mass is 16.3. The maximum Gasteiger partial charge on any atom is 0.228 e. The number of benzene rings is 3. The van der Waals surface area contributed by atoms with Crippen LogP contribution in [0, 0.1) is 0 Å². The zero-order valence-electron chi connectivity index (χ0n) is 17.3. The van der Waals surface area contributed by atoms with Gasteiger partial charge in [-0.05, 0) is 48.0 Å². The van der Waals surface area contributed by atoms with E-state index in [2.05, 4.69) is 4.98 Å². The van der Waals surface area contributed by atoms with Gasteiger partial charge in [0.1, 0.15) is 0 Å². The minimum absolute atomic E-state index is 0.174. The van der Waals surface area contributed by atoms with Crippen LogP contribution in [0.2, 0.25) is 0 Å². The van der Waals surface area contributed by atoms with E-state index >= 15 is 0 Å². The zero-order valence-corrected chi connectivity index (χ0v) is 17.3. The van der Waals surface area contributed by atoms with Crippen LogP contribution in [0.3, 0.4) is 0 Å².